The zero-order valence-corrected chi connectivity index (χ0v) is 15.9. The van der Waals surface area contributed by atoms with E-state index in [9.17, 15) is 0 Å². The van der Waals surface area contributed by atoms with Crippen molar-refractivity contribution in [1.29, 1.82) is 0 Å². The summed E-state index contributed by atoms with van der Waals surface area (Å²) >= 11 is 0. The number of fused-ring (bicyclic) bond motifs is 1. The maximum Gasteiger partial charge on any atom is 0.162 e. The molecule has 0 aliphatic carbocycles. The molecule has 5 rings (SSSR count). The number of rotatable bonds is 4. The third kappa shape index (κ3) is 3.34. The largest absolute Gasteiger partial charge is 0.325 e. The number of para-hydroxylation sites is 1. The van der Waals surface area contributed by atoms with Crippen molar-refractivity contribution in [3.63, 3.8) is 0 Å². The van der Waals surface area contributed by atoms with Crippen molar-refractivity contribution in [1.82, 2.24) is 19.7 Å². The summed E-state index contributed by atoms with van der Waals surface area (Å²) in [5.41, 5.74) is 4.23. The van der Waals surface area contributed by atoms with E-state index in [4.69, 9.17) is 9.97 Å². The average molecular weight is 377 g/mol. The van der Waals surface area contributed by atoms with E-state index < -0.39 is 0 Å². The van der Waals surface area contributed by atoms with Gasteiger partial charge in [0.2, 0.25) is 0 Å². The number of aromatic nitrogens is 4. The fraction of sp³-hybridized carbons (Fsp3) is 0.0417. The van der Waals surface area contributed by atoms with E-state index >= 15 is 0 Å². The normalized spacial score (nSPS) is 10.9. The highest BCUT2D eigenvalue weighted by Gasteiger charge is 2.11. The Morgan fingerprint density at radius 3 is 2.14 bits per heavy atom. The van der Waals surface area contributed by atoms with Crippen LogP contribution in [0, 0.1) is 0 Å². The van der Waals surface area contributed by atoms with Gasteiger partial charge in [0.25, 0.3) is 0 Å². The molecule has 0 fully saturated rings. The molecular weight excluding hydrogens is 358 g/mol. The maximum absolute atomic E-state index is 4.83. The number of benzene rings is 3. The third-order valence-electron chi connectivity index (χ3n) is 4.92. The maximum atomic E-state index is 4.83. The summed E-state index contributed by atoms with van der Waals surface area (Å²) in [6.45, 7) is 0. The van der Waals surface area contributed by atoms with E-state index in [1.165, 1.54) is 11.1 Å². The van der Waals surface area contributed by atoms with Crippen molar-refractivity contribution in [3.8, 4) is 22.5 Å². The van der Waals surface area contributed by atoms with Gasteiger partial charge in [0.1, 0.15) is 11.6 Å². The van der Waals surface area contributed by atoms with Gasteiger partial charge >= 0.3 is 0 Å². The standard InChI is InChI=1S/C24H19N5/c1-29-22(15-16-25-29)27-24-20-9-5-6-10-21(20)26-23(28-24)19-13-11-18(12-14-19)17-7-3-2-4-8-17/h2-16H,1H3,(H,26,27,28). The van der Waals surface area contributed by atoms with Gasteiger partial charge in [0.05, 0.1) is 11.7 Å². The Labute approximate surface area is 168 Å². The van der Waals surface area contributed by atoms with Crippen LogP contribution in [0.15, 0.2) is 91.1 Å². The minimum absolute atomic E-state index is 0.688. The average Bonchev–Trinajstić information content (AvgIpc) is 3.19. The predicted octanol–water partition coefficient (Wildman–Crippen LogP) is 5.44. The molecule has 0 saturated carbocycles. The monoisotopic (exact) mass is 377 g/mol. The van der Waals surface area contributed by atoms with Gasteiger partial charge in [-0.15, -0.1) is 0 Å². The summed E-state index contributed by atoms with van der Waals surface area (Å²) in [5.74, 6) is 2.33. The lowest BCUT2D eigenvalue weighted by Crippen LogP contribution is -2.03. The molecule has 29 heavy (non-hydrogen) atoms. The molecule has 3 aromatic carbocycles. The van der Waals surface area contributed by atoms with Gasteiger partial charge in [-0.05, 0) is 23.3 Å². The van der Waals surface area contributed by atoms with Crippen LogP contribution in [0.5, 0.6) is 0 Å². The smallest absolute Gasteiger partial charge is 0.162 e. The molecule has 0 saturated heterocycles. The SMILES string of the molecule is Cn1nccc1Nc1nc(-c2ccc(-c3ccccc3)cc2)nc2ccccc12. The molecule has 5 heteroatoms. The first-order valence-electron chi connectivity index (χ1n) is 9.45. The Morgan fingerprint density at radius 2 is 1.38 bits per heavy atom. The first-order valence-corrected chi connectivity index (χ1v) is 9.45. The number of nitrogens with zero attached hydrogens (tertiary/aromatic N) is 4. The molecule has 0 spiro atoms. The lowest BCUT2D eigenvalue weighted by atomic mass is 10.0. The Bertz CT molecular complexity index is 1270. The molecule has 140 valence electrons. The summed E-state index contributed by atoms with van der Waals surface area (Å²) in [6, 6.07) is 28.6. The first kappa shape index (κ1) is 17.1. The molecule has 0 aliphatic heterocycles. The summed E-state index contributed by atoms with van der Waals surface area (Å²) in [5, 5.41) is 8.59. The van der Waals surface area contributed by atoms with E-state index in [2.05, 4.69) is 46.8 Å². The van der Waals surface area contributed by atoms with Gasteiger partial charge in [-0.2, -0.15) is 5.10 Å². The van der Waals surface area contributed by atoms with E-state index in [0.29, 0.717) is 5.82 Å². The summed E-state index contributed by atoms with van der Waals surface area (Å²) in [7, 11) is 1.90. The van der Waals surface area contributed by atoms with Gasteiger partial charge < -0.3 is 5.32 Å². The third-order valence-corrected chi connectivity index (χ3v) is 4.92. The zero-order valence-electron chi connectivity index (χ0n) is 15.9. The van der Waals surface area contributed by atoms with Crippen molar-refractivity contribution < 1.29 is 0 Å². The number of hydrogen-bond acceptors (Lipinski definition) is 4. The second-order valence-electron chi connectivity index (χ2n) is 6.82. The first-order chi connectivity index (χ1) is 14.3. The van der Waals surface area contributed by atoms with Crippen molar-refractivity contribution in [2.45, 2.75) is 0 Å². The molecular formula is C24H19N5. The van der Waals surface area contributed by atoms with Crippen LogP contribution in [0.25, 0.3) is 33.4 Å². The van der Waals surface area contributed by atoms with Gasteiger partial charge in [0.15, 0.2) is 5.82 Å². The van der Waals surface area contributed by atoms with Gasteiger partial charge in [-0.3, -0.25) is 4.68 Å². The molecule has 2 aromatic heterocycles. The fourth-order valence-electron chi connectivity index (χ4n) is 3.36. The molecule has 5 nitrogen and oxygen atoms in total. The van der Waals surface area contributed by atoms with Crippen LogP contribution in [0.1, 0.15) is 0 Å². The summed E-state index contributed by atoms with van der Waals surface area (Å²) in [4.78, 5) is 9.61. The fourth-order valence-corrected chi connectivity index (χ4v) is 3.36. The quantitative estimate of drug-likeness (QED) is 0.453. The van der Waals surface area contributed by atoms with Crippen LogP contribution in [0.4, 0.5) is 11.6 Å². The van der Waals surface area contributed by atoms with Crippen LogP contribution >= 0.6 is 0 Å². The molecule has 0 aliphatic rings. The molecule has 5 aromatic rings. The predicted molar refractivity (Wildman–Crippen MR) is 117 cm³/mol. The number of aryl methyl sites for hydroxylation is 1. The van der Waals surface area contributed by atoms with Crippen molar-refractivity contribution in [2.75, 3.05) is 5.32 Å². The lowest BCUT2D eigenvalue weighted by molar-refractivity contribution is 0.776. The van der Waals surface area contributed by atoms with Gasteiger partial charge in [-0.1, -0.05) is 66.7 Å². The van der Waals surface area contributed by atoms with Gasteiger partial charge in [0, 0.05) is 24.1 Å². The number of nitrogens with one attached hydrogen (secondary N) is 1. The van der Waals surface area contributed by atoms with Crippen LogP contribution in [-0.4, -0.2) is 19.7 Å². The van der Waals surface area contributed by atoms with Crippen LogP contribution in [0.2, 0.25) is 0 Å². The lowest BCUT2D eigenvalue weighted by Gasteiger charge is -2.11. The van der Waals surface area contributed by atoms with Crippen molar-refractivity contribution in [2.24, 2.45) is 7.05 Å². The second kappa shape index (κ2) is 7.20. The number of hydrogen-bond donors (Lipinski definition) is 1. The molecule has 0 atom stereocenters. The number of anilines is 2. The van der Waals surface area contributed by atoms with Crippen LogP contribution < -0.4 is 5.32 Å². The molecule has 0 bridgehead atoms. The second-order valence-corrected chi connectivity index (χ2v) is 6.82. The Balaban J connectivity index is 1.57. The zero-order chi connectivity index (χ0) is 19.6. The molecule has 1 N–H and O–H groups in total. The topological polar surface area (TPSA) is 55.6 Å². The molecule has 0 unspecified atom stereocenters. The summed E-state index contributed by atoms with van der Waals surface area (Å²) < 4.78 is 1.78. The van der Waals surface area contributed by atoms with E-state index in [0.717, 1.165) is 28.1 Å². The highest BCUT2D eigenvalue weighted by molar-refractivity contribution is 5.92. The highest BCUT2D eigenvalue weighted by Crippen LogP contribution is 2.28. The Morgan fingerprint density at radius 1 is 0.690 bits per heavy atom. The summed E-state index contributed by atoms with van der Waals surface area (Å²) in [6.07, 6.45) is 1.76. The minimum atomic E-state index is 0.688. The van der Waals surface area contributed by atoms with E-state index in [1.807, 2.05) is 55.6 Å². The van der Waals surface area contributed by atoms with Gasteiger partial charge in [-0.25, -0.2) is 9.97 Å². The van der Waals surface area contributed by atoms with E-state index in [1.54, 1.807) is 10.9 Å². The Hall–Kier alpha value is -3.99. The molecule has 0 amide bonds. The van der Waals surface area contributed by atoms with Crippen LogP contribution in [-0.2, 0) is 7.05 Å². The minimum Gasteiger partial charge on any atom is -0.325 e. The van der Waals surface area contributed by atoms with Crippen LogP contribution in [0.3, 0.4) is 0 Å². The van der Waals surface area contributed by atoms with Crippen molar-refractivity contribution in [3.05, 3.63) is 91.1 Å². The molecule has 0 radical (unpaired) electrons. The highest BCUT2D eigenvalue weighted by atomic mass is 15.3. The van der Waals surface area contributed by atoms with Crippen molar-refractivity contribution >= 4 is 22.5 Å². The molecule has 2 heterocycles. The van der Waals surface area contributed by atoms with E-state index in [-0.39, 0.29) is 0 Å². The Kier molecular flexibility index (Phi) is 4.26.